The van der Waals surface area contributed by atoms with Crippen molar-refractivity contribution in [3.63, 3.8) is 0 Å². The van der Waals surface area contributed by atoms with E-state index in [1.54, 1.807) is 60.7 Å². The molecule has 0 saturated heterocycles. The normalized spacial score (nSPS) is 24.5. The second-order valence-electron chi connectivity index (χ2n) is 6.37. The number of carbonyl (C=O) groups excluding carboxylic acids is 1. The average molecular weight is 332 g/mol. The number of rotatable bonds is 3. The first-order chi connectivity index (χ1) is 11.5. The maximum Gasteiger partial charge on any atom is 0.393 e. The fourth-order valence-corrected chi connectivity index (χ4v) is 3.95. The van der Waals surface area contributed by atoms with Crippen LogP contribution in [0, 0.1) is 5.92 Å². The number of halogens is 3. The van der Waals surface area contributed by atoms with E-state index in [4.69, 9.17) is 0 Å². The minimum Gasteiger partial charge on any atom is -0.293 e. The Morgan fingerprint density at radius 3 is 2.08 bits per heavy atom. The number of hydrogen-bond acceptors (Lipinski definition) is 1. The Balaban J connectivity index is 2.19. The topological polar surface area (TPSA) is 17.1 Å². The third-order valence-corrected chi connectivity index (χ3v) is 5.03. The van der Waals surface area contributed by atoms with E-state index in [1.165, 1.54) is 0 Å². The van der Waals surface area contributed by atoms with E-state index < -0.39 is 23.3 Å². The number of ketones is 1. The van der Waals surface area contributed by atoms with E-state index in [-0.39, 0.29) is 12.8 Å². The molecule has 4 heteroatoms. The van der Waals surface area contributed by atoms with Gasteiger partial charge in [0.25, 0.3) is 0 Å². The molecule has 1 aliphatic rings. The standard InChI is InChI=1S/C20H19F3O/c21-20(22,23)17-13-7-8-14-19(17,16-11-5-2-6-12-16)18(24)15-9-3-1-4-10-15/h1-6,9-12,17H,7-8,13-14H2/t17-,19-/m0/s1. The van der Waals surface area contributed by atoms with Crippen molar-refractivity contribution in [2.24, 2.45) is 5.92 Å². The molecule has 1 aliphatic carbocycles. The molecule has 0 aliphatic heterocycles. The van der Waals surface area contributed by atoms with Gasteiger partial charge >= 0.3 is 6.18 Å². The summed E-state index contributed by atoms with van der Waals surface area (Å²) in [5.41, 5.74) is -0.711. The van der Waals surface area contributed by atoms with Crippen LogP contribution in [-0.4, -0.2) is 12.0 Å². The van der Waals surface area contributed by atoms with Crippen LogP contribution in [0.1, 0.15) is 41.6 Å². The first kappa shape index (κ1) is 16.7. The zero-order valence-electron chi connectivity index (χ0n) is 13.2. The number of benzene rings is 2. The van der Waals surface area contributed by atoms with Gasteiger partial charge in [0.1, 0.15) is 0 Å². The Labute approximate surface area is 139 Å². The summed E-state index contributed by atoms with van der Waals surface area (Å²) < 4.78 is 41.5. The van der Waals surface area contributed by atoms with E-state index in [0.29, 0.717) is 24.0 Å². The van der Waals surface area contributed by atoms with Gasteiger partial charge in [-0.05, 0) is 18.4 Å². The molecular weight excluding hydrogens is 313 g/mol. The van der Waals surface area contributed by atoms with E-state index in [0.717, 1.165) is 0 Å². The van der Waals surface area contributed by atoms with Crippen LogP contribution in [-0.2, 0) is 5.41 Å². The lowest BCUT2D eigenvalue weighted by molar-refractivity contribution is -0.196. The number of hydrogen-bond donors (Lipinski definition) is 0. The molecule has 1 saturated carbocycles. The summed E-state index contributed by atoms with van der Waals surface area (Å²) in [5, 5.41) is 0. The highest BCUT2D eigenvalue weighted by molar-refractivity contribution is 6.04. The summed E-state index contributed by atoms with van der Waals surface area (Å²) in [4.78, 5) is 13.3. The molecule has 0 N–H and O–H groups in total. The van der Waals surface area contributed by atoms with Gasteiger partial charge in [-0.1, -0.05) is 73.5 Å². The van der Waals surface area contributed by atoms with Crippen LogP contribution in [0.5, 0.6) is 0 Å². The second-order valence-corrected chi connectivity index (χ2v) is 6.37. The van der Waals surface area contributed by atoms with Gasteiger partial charge in [-0.3, -0.25) is 4.79 Å². The lowest BCUT2D eigenvalue weighted by Crippen LogP contribution is -2.51. The number of Topliss-reactive ketones (excluding diaryl/α,β-unsaturated/α-hetero) is 1. The Morgan fingerprint density at radius 2 is 1.50 bits per heavy atom. The molecular formula is C20H19F3O. The fraction of sp³-hybridized carbons (Fsp3) is 0.350. The molecule has 0 heterocycles. The molecule has 0 amide bonds. The van der Waals surface area contributed by atoms with Crippen LogP contribution in [0.25, 0.3) is 0 Å². The van der Waals surface area contributed by atoms with Crippen molar-refractivity contribution in [2.75, 3.05) is 0 Å². The highest BCUT2D eigenvalue weighted by Gasteiger charge is 2.58. The van der Waals surface area contributed by atoms with E-state index in [9.17, 15) is 18.0 Å². The maximum atomic E-state index is 13.8. The Bertz CT molecular complexity index is 694. The summed E-state index contributed by atoms with van der Waals surface area (Å²) >= 11 is 0. The van der Waals surface area contributed by atoms with Crippen LogP contribution in [0.4, 0.5) is 13.2 Å². The summed E-state index contributed by atoms with van der Waals surface area (Å²) in [6, 6.07) is 16.8. The van der Waals surface area contributed by atoms with Gasteiger partial charge in [0.05, 0.1) is 11.3 Å². The van der Waals surface area contributed by atoms with Crippen LogP contribution in [0.3, 0.4) is 0 Å². The van der Waals surface area contributed by atoms with Crippen molar-refractivity contribution >= 4 is 5.78 Å². The molecule has 1 nitrogen and oxygen atoms in total. The smallest absolute Gasteiger partial charge is 0.293 e. The zero-order chi connectivity index (χ0) is 17.2. The molecule has 0 spiro atoms. The molecule has 1 fully saturated rings. The minimum absolute atomic E-state index is 0.00301. The Morgan fingerprint density at radius 1 is 0.917 bits per heavy atom. The van der Waals surface area contributed by atoms with Crippen molar-refractivity contribution in [1.82, 2.24) is 0 Å². The third kappa shape index (κ3) is 2.85. The molecule has 2 aromatic rings. The van der Waals surface area contributed by atoms with Crippen molar-refractivity contribution in [3.05, 3.63) is 71.8 Å². The van der Waals surface area contributed by atoms with Gasteiger partial charge in [-0.15, -0.1) is 0 Å². The van der Waals surface area contributed by atoms with Crippen LogP contribution >= 0.6 is 0 Å². The molecule has 2 aromatic carbocycles. The van der Waals surface area contributed by atoms with Crippen molar-refractivity contribution in [2.45, 2.75) is 37.3 Å². The van der Waals surface area contributed by atoms with Crippen molar-refractivity contribution in [1.29, 1.82) is 0 Å². The lowest BCUT2D eigenvalue weighted by Gasteiger charge is -2.44. The van der Waals surface area contributed by atoms with Crippen molar-refractivity contribution < 1.29 is 18.0 Å². The fourth-order valence-electron chi connectivity index (χ4n) is 3.95. The molecule has 0 radical (unpaired) electrons. The molecule has 0 unspecified atom stereocenters. The van der Waals surface area contributed by atoms with Crippen molar-refractivity contribution in [3.8, 4) is 0 Å². The summed E-state index contributed by atoms with van der Waals surface area (Å²) in [6.07, 6.45) is -3.05. The first-order valence-electron chi connectivity index (χ1n) is 8.18. The lowest BCUT2D eigenvalue weighted by atomic mass is 9.59. The highest BCUT2D eigenvalue weighted by atomic mass is 19.4. The van der Waals surface area contributed by atoms with E-state index in [2.05, 4.69) is 0 Å². The largest absolute Gasteiger partial charge is 0.393 e. The molecule has 0 aromatic heterocycles. The van der Waals surface area contributed by atoms with Crippen LogP contribution in [0.2, 0.25) is 0 Å². The predicted molar refractivity (Wildman–Crippen MR) is 86.9 cm³/mol. The minimum atomic E-state index is -4.40. The van der Waals surface area contributed by atoms with Gasteiger partial charge in [0.2, 0.25) is 0 Å². The van der Waals surface area contributed by atoms with Crippen LogP contribution < -0.4 is 0 Å². The number of carbonyl (C=O) groups is 1. The van der Waals surface area contributed by atoms with Crippen LogP contribution in [0.15, 0.2) is 60.7 Å². The van der Waals surface area contributed by atoms with Gasteiger partial charge in [-0.2, -0.15) is 13.2 Å². The molecule has 0 bridgehead atoms. The average Bonchev–Trinajstić information content (AvgIpc) is 2.61. The Kier molecular flexibility index (Phi) is 4.48. The summed E-state index contributed by atoms with van der Waals surface area (Å²) in [6.45, 7) is 0. The summed E-state index contributed by atoms with van der Waals surface area (Å²) in [7, 11) is 0. The third-order valence-electron chi connectivity index (χ3n) is 5.03. The zero-order valence-corrected chi connectivity index (χ0v) is 13.2. The second kappa shape index (κ2) is 6.42. The maximum absolute atomic E-state index is 13.8. The van der Waals surface area contributed by atoms with Gasteiger partial charge in [-0.25, -0.2) is 0 Å². The van der Waals surface area contributed by atoms with Gasteiger partial charge in [0, 0.05) is 5.56 Å². The van der Waals surface area contributed by atoms with E-state index in [1.807, 2.05) is 0 Å². The molecule has 126 valence electrons. The number of alkyl halides is 3. The SMILES string of the molecule is O=C(c1ccccc1)[C@]1(c2ccccc2)CCCC[C@@H]1C(F)(F)F. The summed E-state index contributed by atoms with van der Waals surface area (Å²) in [5.74, 6) is -2.06. The van der Waals surface area contributed by atoms with Gasteiger partial charge in [0.15, 0.2) is 5.78 Å². The highest BCUT2D eigenvalue weighted by Crippen LogP contribution is 2.52. The van der Waals surface area contributed by atoms with E-state index >= 15 is 0 Å². The van der Waals surface area contributed by atoms with Gasteiger partial charge < -0.3 is 0 Å². The Hall–Kier alpha value is -2.10. The monoisotopic (exact) mass is 332 g/mol. The molecule has 2 atom stereocenters. The predicted octanol–water partition coefficient (Wildman–Crippen LogP) is 5.56. The first-order valence-corrected chi connectivity index (χ1v) is 8.18. The molecule has 24 heavy (non-hydrogen) atoms. The quantitative estimate of drug-likeness (QED) is 0.673. The molecule has 3 rings (SSSR count).